The predicted octanol–water partition coefficient (Wildman–Crippen LogP) is 2.38. The highest BCUT2D eigenvalue weighted by molar-refractivity contribution is 8.13. The lowest BCUT2D eigenvalue weighted by atomic mass is 10.2. The van der Waals surface area contributed by atoms with Gasteiger partial charge >= 0.3 is 0 Å². The van der Waals surface area contributed by atoms with Crippen molar-refractivity contribution in [2.75, 3.05) is 27.3 Å². The van der Waals surface area contributed by atoms with Crippen LogP contribution in [-0.4, -0.2) is 46.5 Å². The maximum Gasteiger partial charge on any atom is 0.261 e. The van der Waals surface area contributed by atoms with Gasteiger partial charge in [0.25, 0.3) is 15.0 Å². The average Bonchev–Trinajstić information content (AvgIpc) is 2.36. The quantitative estimate of drug-likeness (QED) is 0.589. The van der Waals surface area contributed by atoms with Crippen LogP contribution in [0.1, 0.15) is 16.8 Å². The third-order valence-corrected chi connectivity index (χ3v) is 4.14. The molecular formula is C12H15Cl2NO4S. The van der Waals surface area contributed by atoms with E-state index in [2.05, 4.69) is 0 Å². The van der Waals surface area contributed by atoms with Crippen molar-refractivity contribution in [2.45, 2.75) is 11.3 Å². The minimum atomic E-state index is -3.93. The lowest BCUT2D eigenvalue weighted by Crippen LogP contribution is -2.28. The first-order chi connectivity index (χ1) is 9.25. The summed E-state index contributed by atoms with van der Waals surface area (Å²) in [5, 5.41) is 0.139. The maximum absolute atomic E-state index is 12.2. The van der Waals surface area contributed by atoms with Gasteiger partial charge in [-0.1, -0.05) is 11.6 Å². The first kappa shape index (κ1) is 17.2. The molecule has 0 aliphatic rings. The second-order valence-electron chi connectivity index (χ2n) is 4.19. The smallest absolute Gasteiger partial charge is 0.261 e. The number of nitrogens with zero attached hydrogens (tertiary/aromatic N) is 1. The van der Waals surface area contributed by atoms with Crippen LogP contribution in [0.4, 0.5) is 0 Å². The molecule has 8 heteroatoms. The van der Waals surface area contributed by atoms with Crippen LogP contribution in [0.25, 0.3) is 0 Å². The van der Waals surface area contributed by atoms with Gasteiger partial charge in [0.05, 0.1) is 4.90 Å². The molecule has 112 valence electrons. The monoisotopic (exact) mass is 339 g/mol. The van der Waals surface area contributed by atoms with Crippen molar-refractivity contribution in [1.29, 1.82) is 0 Å². The fraction of sp³-hybridized carbons (Fsp3) is 0.417. The second kappa shape index (κ2) is 7.26. The van der Waals surface area contributed by atoms with Gasteiger partial charge in [0.15, 0.2) is 0 Å². The number of carbonyl (C=O) groups excluding carboxylic acids is 1. The number of ether oxygens (including phenoxy) is 1. The molecular weight excluding hydrogens is 325 g/mol. The number of rotatable bonds is 6. The SMILES string of the molecule is COCCCN(C)C(=O)c1cc(Cl)cc(S(=O)(=O)Cl)c1. The van der Waals surface area contributed by atoms with Crippen molar-refractivity contribution < 1.29 is 17.9 Å². The molecule has 1 aromatic carbocycles. The lowest BCUT2D eigenvalue weighted by molar-refractivity contribution is 0.0779. The summed E-state index contributed by atoms with van der Waals surface area (Å²) in [6, 6.07) is 3.82. The van der Waals surface area contributed by atoms with E-state index in [1.807, 2.05) is 0 Å². The Morgan fingerprint density at radius 3 is 2.55 bits per heavy atom. The third kappa shape index (κ3) is 4.94. The first-order valence-corrected chi connectivity index (χ1v) is 8.44. The van der Waals surface area contributed by atoms with Gasteiger partial charge in [0, 0.05) is 48.6 Å². The van der Waals surface area contributed by atoms with Crippen molar-refractivity contribution in [3.63, 3.8) is 0 Å². The highest BCUT2D eigenvalue weighted by Gasteiger charge is 2.17. The summed E-state index contributed by atoms with van der Waals surface area (Å²) in [5.74, 6) is -0.329. The largest absolute Gasteiger partial charge is 0.385 e. The molecule has 0 aromatic heterocycles. The molecule has 0 saturated carbocycles. The number of hydrogen-bond acceptors (Lipinski definition) is 4. The number of halogens is 2. The van der Waals surface area contributed by atoms with Gasteiger partial charge in [-0.15, -0.1) is 0 Å². The Morgan fingerprint density at radius 2 is 2.00 bits per heavy atom. The molecule has 0 aliphatic heterocycles. The average molecular weight is 340 g/mol. The minimum Gasteiger partial charge on any atom is -0.385 e. The van der Waals surface area contributed by atoms with Crippen molar-refractivity contribution in [3.05, 3.63) is 28.8 Å². The van der Waals surface area contributed by atoms with Crippen molar-refractivity contribution in [3.8, 4) is 0 Å². The van der Waals surface area contributed by atoms with E-state index in [0.717, 1.165) is 0 Å². The summed E-state index contributed by atoms with van der Waals surface area (Å²) in [4.78, 5) is 13.4. The molecule has 0 heterocycles. The van der Waals surface area contributed by atoms with Crippen LogP contribution in [0.2, 0.25) is 5.02 Å². The Balaban J connectivity index is 2.96. The molecule has 0 saturated heterocycles. The Morgan fingerprint density at radius 1 is 1.35 bits per heavy atom. The minimum absolute atomic E-state index is 0.139. The van der Waals surface area contributed by atoms with Gasteiger partial charge in [-0.2, -0.15) is 0 Å². The molecule has 5 nitrogen and oxygen atoms in total. The number of hydrogen-bond donors (Lipinski definition) is 0. The molecule has 0 unspecified atom stereocenters. The molecule has 0 atom stereocenters. The van der Waals surface area contributed by atoms with Gasteiger partial charge in [-0.25, -0.2) is 8.42 Å². The van der Waals surface area contributed by atoms with E-state index in [-0.39, 0.29) is 21.4 Å². The Bertz CT molecular complexity index is 589. The van der Waals surface area contributed by atoms with E-state index in [0.29, 0.717) is 19.6 Å². The molecule has 0 fully saturated rings. The number of amides is 1. The molecule has 0 bridgehead atoms. The summed E-state index contributed by atoms with van der Waals surface area (Å²) >= 11 is 5.82. The second-order valence-corrected chi connectivity index (χ2v) is 7.19. The summed E-state index contributed by atoms with van der Waals surface area (Å²) in [6.07, 6.45) is 0.681. The predicted molar refractivity (Wildman–Crippen MR) is 77.9 cm³/mol. The molecule has 0 radical (unpaired) electrons. The van der Waals surface area contributed by atoms with Crippen LogP contribution in [0.5, 0.6) is 0 Å². The molecule has 0 N–H and O–H groups in total. The van der Waals surface area contributed by atoms with Crippen LogP contribution >= 0.6 is 22.3 Å². The van der Waals surface area contributed by atoms with E-state index in [9.17, 15) is 13.2 Å². The molecule has 0 aliphatic carbocycles. The number of methoxy groups -OCH3 is 1. The van der Waals surface area contributed by atoms with Crippen LogP contribution in [-0.2, 0) is 13.8 Å². The zero-order chi connectivity index (χ0) is 15.3. The van der Waals surface area contributed by atoms with Crippen LogP contribution in [0, 0.1) is 0 Å². The van der Waals surface area contributed by atoms with E-state index >= 15 is 0 Å². The van der Waals surface area contributed by atoms with Crippen LogP contribution < -0.4 is 0 Å². The highest BCUT2D eigenvalue weighted by atomic mass is 35.7. The standard InChI is InChI=1S/C12H15Cl2NO4S/c1-15(4-3-5-19-2)12(16)9-6-10(13)8-11(7-9)20(14,17)18/h6-8H,3-5H2,1-2H3. The molecule has 0 spiro atoms. The summed E-state index contributed by atoms with van der Waals surface area (Å²) < 4.78 is 27.5. The summed E-state index contributed by atoms with van der Waals surface area (Å²) in [5.41, 5.74) is 0.177. The molecule has 1 aromatic rings. The Labute approximate surface area is 127 Å². The molecule has 20 heavy (non-hydrogen) atoms. The van der Waals surface area contributed by atoms with Gasteiger partial charge in [0.2, 0.25) is 0 Å². The van der Waals surface area contributed by atoms with E-state index in [1.165, 1.54) is 23.1 Å². The number of carbonyl (C=O) groups is 1. The van der Waals surface area contributed by atoms with Gasteiger partial charge in [-0.05, 0) is 24.6 Å². The van der Waals surface area contributed by atoms with Crippen LogP contribution in [0.15, 0.2) is 23.1 Å². The first-order valence-electron chi connectivity index (χ1n) is 5.75. The Kier molecular flexibility index (Phi) is 6.26. The Hall–Kier alpha value is -0.820. The fourth-order valence-electron chi connectivity index (χ4n) is 1.59. The van der Waals surface area contributed by atoms with Gasteiger partial charge < -0.3 is 9.64 Å². The van der Waals surface area contributed by atoms with E-state index in [4.69, 9.17) is 27.0 Å². The third-order valence-electron chi connectivity index (χ3n) is 2.59. The summed E-state index contributed by atoms with van der Waals surface area (Å²) in [7, 11) is 4.53. The van der Waals surface area contributed by atoms with Crippen molar-refractivity contribution in [2.24, 2.45) is 0 Å². The zero-order valence-corrected chi connectivity index (χ0v) is 13.4. The van der Waals surface area contributed by atoms with Gasteiger partial charge in [0.1, 0.15) is 0 Å². The van der Waals surface area contributed by atoms with Gasteiger partial charge in [-0.3, -0.25) is 4.79 Å². The van der Waals surface area contributed by atoms with E-state index < -0.39 is 9.05 Å². The van der Waals surface area contributed by atoms with Crippen molar-refractivity contribution >= 4 is 37.2 Å². The zero-order valence-electron chi connectivity index (χ0n) is 11.1. The highest BCUT2D eigenvalue weighted by Crippen LogP contribution is 2.22. The lowest BCUT2D eigenvalue weighted by Gasteiger charge is -2.17. The molecule has 1 rings (SSSR count). The fourth-order valence-corrected chi connectivity index (χ4v) is 2.70. The van der Waals surface area contributed by atoms with Crippen molar-refractivity contribution in [1.82, 2.24) is 4.90 Å². The number of benzene rings is 1. The normalized spacial score (nSPS) is 11.4. The van der Waals surface area contributed by atoms with Crippen LogP contribution in [0.3, 0.4) is 0 Å². The van der Waals surface area contributed by atoms with E-state index in [1.54, 1.807) is 14.2 Å². The summed E-state index contributed by atoms with van der Waals surface area (Å²) in [6.45, 7) is 1.02. The molecule has 1 amide bonds. The topological polar surface area (TPSA) is 63.7 Å². The maximum atomic E-state index is 12.2.